The molecule has 0 bridgehead atoms. The van der Waals surface area contributed by atoms with Gasteiger partial charge >= 0.3 is 0 Å². The number of anilines is 2. The Morgan fingerprint density at radius 2 is 1.79 bits per heavy atom. The highest BCUT2D eigenvalue weighted by atomic mass is 16.3. The fourth-order valence-corrected chi connectivity index (χ4v) is 2.71. The summed E-state index contributed by atoms with van der Waals surface area (Å²) in [5.74, 6) is 0.712. The van der Waals surface area contributed by atoms with Crippen molar-refractivity contribution in [3.8, 4) is 0 Å². The number of furan rings is 1. The van der Waals surface area contributed by atoms with E-state index in [-0.39, 0.29) is 23.5 Å². The number of nitrogens with one attached hydrogen (secondary N) is 3. The first kappa shape index (κ1) is 16.3. The van der Waals surface area contributed by atoms with Crippen molar-refractivity contribution >= 4 is 23.2 Å². The molecule has 6 heteroatoms. The Morgan fingerprint density at radius 1 is 1.08 bits per heavy atom. The number of aryl methyl sites for hydroxylation is 1. The zero-order valence-electron chi connectivity index (χ0n) is 13.6. The maximum absolute atomic E-state index is 12.2. The molecule has 1 saturated heterocycles. The summed E-state index contributed by atoms with van der Waals surface area (Å²) >= 11 is 0. The molecule has 3 rings (SSSR count). The van der Waals surface area contributed by atoms with Gasteiger partial charge in [-0.25, -0.2) is 0 Å². The molecule has 0 radical (unpaired) electrons. The lowest BCUT2D eigenvalue weighted by atomic mass is 9.99. The summed E-state index contributed by atoms with van der Waals surface area (Å²) in [5, 5.41) is 8.91. The molecule has 2 aromatic rings. The normalized spacial score (nSPS) is 17.3. The van der Waals surface area contributed by atoms with Gasteiger partial charge in [0.2, 0.25) is 5.91 Å². The largest absolute Gasteiger partial charge is 0.456 e. The molecule has 0 saturated carbocycles. The third-order valence-corrected chi connectivity index (χ3v) is 4.04. The second-order valence-corrected chi connectivity index (χ2v) is 5.97. The van der Waals surface area contributed by atoms with Gasteiger partial charge in [0, 0.05) is 17.9 Å². The summed E-state index contributed by atoms with van der Waals surface area (Å²) in [6.07, 6.45) is 1.94. The molecule has 1 aromatic heterocycles. The van der Waals surface area contributed by atoms with E-state index in [2.05, 4.69) is 16.0 Å². The molecule has 1 aliphatic heterocycles. The molecular weight excluding hydrogens is 306 g/mol. The maximum atomic E-state index is 12.2. The standard InChI is InChI=1S/C18H21N3O3/c1-12-4-9-16(24-12)18(23)21-15-7-5-14(6-8-15)20-17(22)13-3-2-10-19-11-13/h4-9,13,19H,2-3,10-11H2,1H3,(H,20,22)(H,21,23). The molecule has 1 aromatic carbocycles. The smallest absolute Gasteiger partial charge is 0.291 e. The van der Waals surface area contributed by atoms with Gasteiger partial charge < -0.3 is 20.4 Å². The van der Waals surface area contributed by atoms with Crippen LogP contribution in [0.2, 0.25) is 0 Å². The third kappa shape index (κ3) is 4.02. The number of benzene rings is 1. The Labute approximate surface area is 140 Å². The van der Waals surface area contributed by atoms with E-state index in [1.807, 2.05) is 0 Å². The van der Waals surface area contributed by atoms with Crippen molar-refractivity contribution in [2.75, 3.05) is 23.7 Å². The van der Waals surface area contributed by atoms with E-state index in [0.717, 1.165) is 31.6 Å². The van der Waals surface area contributed by atoms with Gasteiger partial charge in [0.25, 0.3) is 5.91 Å². The molecule has 1 unspecified atom stereocenters. The van der Waals surface area contributed by atoms with Crippen LogP contribution in [0, 0.1) is 12.8 Å². The maximum Gasteiger partial charge on any atom is 0.291 e. The average molecular weight is 327 g/mol. The van der Waals surface area contributed by atoms with Crippen LogP contribution in [0.25, 0.3) is 0 Å². The zero-order chi connectivity index (χ0) is 16.9. The number of piperidine rings is 1. The van der Waals surface area contributed by atoms with Crippen LogP contribution in [0.3, 0.4) is 0 Å². The van der Waals surface area contributed by atoms with Crippen LogP contribution in [-0.2, 0) is 4.79 Å². The summed E-state index contributed by atoms with van der Waals surface area (Å²) in [6.45, 7) is 3.49. The van der Waals surface area contributed by atoms with Crippen LogP contribution >= 0.6 is 0 Å². The predicted molar refractivity (Wildman–Crippen MR) is 92.1 cm³/mol. The fourth-order valence-electron chi connectivity index (χ4n) is 2.71. The third-order valence-electron chi connectivity index (χ3n) is 4.04. The van der Waals surface area contributed by atoms with Crippen molar-refractivity contribution in [1.29, 1.82) is 0 Å². The molecule has 1 aliphatic rings. The van der Waals surface area contributed by atoms with Crippen molar-refractivity contribution in [3.63, 3.8) is 0 Å². The minimum Gasteiger partial charge on any atom is -0.456 e. The molecule has 1 fully saturated rings. The Morgan fingerprint density at radius 3 is 2.38 bits per heavy atom. The van der Waals surface area contributed by atoms with E-state index in [0.29, 0.717) is 11.4 Å². The van der Waals surface area contributed by atoms with Crippen LogP contribution in [0.4, 0.5) is 11.4 Å². The van der Waals surface area contributed by atoms with Gasteiger partial charge in [-0.15, -0.1) is 0 Å². The van der Waals surface area contributed by atoms with Gasteiger partial charge in [0.1, 0.15) is 5.76 Å². The minimum absolute atomic E-state index is 0.0142. The van der Waals surface area contributed by atoms with E-state index in [4.69, 9.17) is 4.42 Å². The fraction of sp³-hybridized carbons (Fsp3) is 0.333. The number of carbonyl (C=O) groups excluding carboxylic acids is 2. The molecule has 1 atom stereocenters. The molecule has 24 heavy (non-hydrogen) atoms. The summed E-state index contributed by atoms with van der Waals surface area (Å²) in [4.78, 5) is 24.2. The Kier molecular flexibility index (Phi) is 4.96. The van der Waals surface area contributed by atoms with E-state index in [1.165, 1.54) is 0 Å². The molecule has 3 N–H and O–H groups in total. The highest BCUT2D eigenvalue weighted by molar-refractivity contribution is 6.02. The second-order valence-electron chi connectivity index (χ2n) is 5.97. The molecule has 126 valence electrons. The van der Waals surface area contributed by atoms with Crippen LogP contribution in [0.5, 0.6) is 0 Å². The molecule has 0 spiro atoms. The lowest BCUT2D eigenvalue weighted by molar-refractivity contribution is -0.120. The quantitative estimate of drug-likeness (QED) is 0.806. The van der Waals surface area contributed by atoms with Crippen LogP contribution < -0.4 is 16.0 Å². The molecule has 0 aliphatic carbocycles. The Balaban J connectivity index is 1.56. The zero-order valence-corrected chi connectivity index (χ0v) is 13.6. The van der Waals surface area contributed by atoms with Gasteiger partial charge in [-0.05, 0) is 62.7 Å². The lowest BCUT2D eigenvalue weighted by Gasteiger charge is -2.21. The first-order valence-electron chi connectivity index (χ1n) is 8.11. The van der Waals surface area contributed by atoms with E-state index >= 15 is 0 Å². The minimum atomic E-state index is -0.298. The summed E-state index contributed by atoms with van der Waals surface area (Å²) in [5.41, 5.74) is 1.36. The number of hydrogen-bond acceptors (Lipinski definition) is 4. The second kappa shape index (κ2) is 7.31. The van der Waals surface area contributed by atoms with E-state index in [9.17, 15) is 9.59 Å². The molecule has 6 nitrogen and oxygen atoms in total. The first-order valence-corrected chi connectivity index (χ1v) is 8.11. The van der Waals surface area contributed by atoms with Crippen LogP contribution in [0.15, 0.2) is 40.8 Å². The van der Waals surface area contributed by atoms with Gasteiger partial charge in [-0.3, -0.25) is 9.59 Å². The van der Waals surface area contributed by atoms with Crippen LogP contribution in [-0.4, -0.2) is 24.9 Å². The number of amides is 2. The summed E-state index contributed by atoms with van der Waals surface area (Å²) in [7, 11) is 0. The van der Waals surface area contributed by atoms with Gasteiger partial charge in [-0.1, -0.05) is 0 Å². The highest BCUT2D eigenvalue weighted by Crippen LogP contribution is 2.18. The predicted octanol–water partition coefficient (Wildman–Crippen LogP) is 2.78. The van der Waals surface area contributed by atoms with Gasteiger partial charge in [0.15, 0.2) is 5.76 Å². The van der Waals surface area contributed by atoms with Crippen molar-refractivity contribution in [3.05, 3.63) is 47.9 Å². The Hall–Kier alpha value is -2.60. The molecule has 2 heterocycles. The summed E-state index contributed by atoms with van der Waals surface area (Å²) in [6, 6.07) is 10.4. The van der Waals surface area contributed by atoms with Gasteiger partial charge in [-0.2, -0.15) is 0 Å². The SMILES string of the molecule is Cc1ccc(C(=O)Nc2ccc(NC(=O)C3CCCNC3)cc2)o1. The highest BCUT2D eigenvalue weighted by Gasteiger charge is 2.20. The van der Waals surface area contributed by atoms with E-state index < -0.39 is 0 Å². The Bertz CT molecular complexity index is 715. The molecular formula is C18H21N3O3. The number of rotatable bonds is 4. The monoisotopic (exact) mass is 327 g/mol. The van der Waals surface area contributed by atoms with E-state index in [1.54, 1.807) is 43.3 Å². The van der Waals surface area contributed by atoms with Crippen molar-refractivity contribution in [1.82, 2.24) is 5.32 Å². The van der Waals surface area contributed by atoms with Crippen molar-refractivity contribution in [2.45, 2.75) is 19.8 Å². The lowest BCUT2D eigenvalue weighted by Crippen LogP contribution is -2.37. The number of carbonyl (C=O) groups is 2. The van der Waals surface area contributed by atoms with Gasteiger partial charge in [0.05, 0.1) is 5.92 Å². The van der Waals surface area contributed by atoms with Crippen molar-refractivity contribution in [2.24, 2.45) is 5.92 Å². The van der Waals surface area contributed by atoms with Crippen molar-refractivity contribution < 1.29 is 14.0 Å². The molecule has 2 amide bonds. The first-order chi connectivity index (χ1) is 11.6. The number of hydrogen-bond donors (Lipinski definition) is 3. The van der Waals surface area contributed by atoms with Crippen LogP contribution in [0.1, 0.15) is 29.2 Å². The average Bonchev–Trinajstić information content (AvgIpc) is 3.04. The summed E-state index contributed by atoms with van der Waals surface area (Å²) < 4.78 is 5.29. The topological polar surface area (TPSA) is 83.4 Å².